The number of carbonyl (C=O) groups is 1. The van der Waals surface area contributed by atoms with Crippen molar-refractivity contribution in [1.82, 2.24) is 10.5 Å². The molecule has 94 valence electrons. The molecule has 3 N–H and O–H groups in total. The SMILES string of the molecule is NC1CCCCCC1C(=O)NCc1ccon1. The largest absolute Gasteiger partial charge is 0.364 e. The monoisotopic (exact) mass is 237 g/mol. The number of amides is 1. The zero-order chi connectivity index (χ0) is 12.1. The van der Waals surface area contributed by atoms with Gasteiger partial charge in [0, 0.05) is 12.1 Å². The summed E-state index contributed by atoms with van der Waals surface area (Å²) in [5.41, 5.74) is 6.77. The molecule has 0 saturated heterocycles. The number of rotatable bonds is 3. The molecule has 17 heavy (non-hydrogen) atoms. The molecule has 1 aliphatic carbocycles. The van der Waals surface area contributed by atoms with Crippen molar-refractivity contribution in [2.24, 2.45) is 11.7 Å². The van der Waals surface area contributed by atoms with Crippen LogP contribution >= 0.6 is 0 Å². The van der Waals surface area contributed by atoms with Gasteiger partial charge in [0.1, 0.15) is 12.0 Å². The quantitative estimate of drug-likeness (QED) is 0.774. The highest BCUT2D eigenvalue weighted by atomic mass is 16.5. The number of nitrogens with zero attached hydrogens (tertiary/aromatic N) is 1. The van der Waals surface area contributed by atoms with Crippen LogP contribution in [0.5, 0.6) is 0 Å². The first-order valence-electron chi connectivity index (χ1n) is 6.20. The molecular formula is C12H19N3O2. The Bertz CT molecular complexity index is 351. The summed E-state index contributed by atoms with van der Waals surface area (Å²) in [4.78, 5) is 12.0. The molecule has 1 heterocycles. The van der Waals surface area contributed by atoms with Crippen molar-refractivity contribution >= 4 is 5.91 Å². The van der Waals surface area contributed by atoms with Gasteiger partial charge in [0.25, 0.3) is 0 Å². The number of nitrogens with two attached hydrogens (primary N) is 1. The summed E-state index contributed by atoms with van der Waals surface area (Å²) < 4.78 is 4.71. The van der Waals surface area contributed by atoms with Gasteiger partial charge in [0.2, 0.25) is 5.91 Å². The van der Waals surface area contributed by atoms with Gasteiger partial charge in [0.05, 0.1) is 12.5 Å². The van der Waals surface area contributed by atoms with Crippen LogP contribution in [0, 0.1) is 5.92 Å². The molecule has 0 aromatic carbocycles. The summed E-state index contributed by atoms with van der Waals surface area (Å²) in [5, 5.41) is 6.62. The third-order valence-electron chi connectivity index (χ3n) is 3.34. The van der Waals surface area contributed by atoms with Crippen LogP contribution in [-0.2, 0) is 11.3 Å². The number of hydrogen-bond acceptors (Lipinski definition) is 4. The Morgan fingerprint density at radius 2 is 2.29 bits per heavy atom. The predicted molar refractivity (Wildman–Crippen MR) is 62.9 cm³/mol. The van der Waals surface area contributed by atoms with Gasteiger partial charge in [-0.3, -0.25) is 4.79 Å². The van der Waals surface area contributed by atoms with E-state index < -0.39 is 0 Å². The van der Waals surface area contributed by atoms with Crippen LogP contribution in [0.25, 0.3) is 0 Å². The zero-order valence-electron chi connectivity index (χ0n) is 9.89. The van der Waals surface area contributed by atoms with E-state index in [-0.39, 0.29) is 17.9 Å². The number of hydrogen-bond donors (Lipinski definition) is 2. The van der Waals surface area contributed by atoms with Gasteiger partial charge >= 0.3 is 0 Å². The molecule has 1 amide bonds. The summed E-state index contributed by atoms with van der Waals surface area (Å²) in [6, 6.07) is 1.74. The molecule has 2 rings (SSSR count). The van der Waals surface area contributed by atoms with Crippen LogP contribution < -0.4 is 11.1 Å². The van der Waals surface area contributed by atoms with E-state index in [1.807, 2.05) is 0 Å². The van der Waals surface area contributed by atoms with E-state index in [4.69, 9.17) is 10.3 Å². The number of nitrogens with one attached hydrogen (secondary N) is 1. The highest BCUT2D eigenvalue weighted by Gasteiger charge is 2.26. The molecule has 2 unspecified atom stereocenters. The molecule has 1 fully saturated rings. The lowest BCUT2D eigenvalue weighted by atomic mass is 9.94. The van der Waals surface area contributed by atoms with Crippen LogP contribution in [-0.4, -0.2) is 17.1 Å². The van der Waals surface area contributed by atoms with Gasteiger partial charge in [-0.05, 0) is 12.8 Å². The van der Waals surface area contributed by atoms with Crippen LogP contribution in [0.2, 0.25) is 0 Å². The maximum atomic E-state index is 12.0. The first-order chi connectivity index (χ1) is 8.27. The second-order valence-corrected chi connectivity index (χ2v) is 4.62. The van der Waals surface area contributed by atoms with Gasteiger partial charge in [0.15, 0.2) is 0 Å². The standard InChI is InChI=1S/C12H19N3O2/c13-11-5-3-1-2-4-10(11)12(16)14-8-9-6-7-17-15-9/h6-7,10-11H,1-5,8,13H2,(H,14,16). The lowest BCUT2D eigenvalue weighted by Crippen LogP contribution is -2.41. The Morgan fingerprint density at radius 3 is 3.06 bits per heavy atom. The van der Waals surface area contributed by atoms with E-state index in [9.17, 15) is 4.79 Å². The molecule has 5 nitrogen and oxygen atoms in total. The third kappa shape index (κ3) is 3.30. The Kier molecular flexibility index (Phi) is 4.14. The maximum Gasteiger partial charge on any atom is 0.224 e. The van der Waals surface area contributed by atoms with Crippen molar-refractivity contribution in [3.05, 3.63) is 18.0 Å². The second kappa shape index (κ2) is 5.82. The second-order valence-electron chi connectivity index (χ2n) is 4.62. The molecule has 0 aliphatic heterocycles. The molecule has 5 heteroatoms. The number of aromatic nitrogens is 1. The maximum absolute atomic E-state index is 12.0. The Hall–Kier alpha value is -1.36. The molecule has 1 aromatic heterocycles. The van der Waals surface area contributed by atoms with Crippen LogP contribution in [0.15, 0.2) is 16.9 Å². The fourth-order valence-electron chi connectivity index (χ4n) is 2.30. The Labute approximate surface area is 101 Å². The summed E-state index contributed by atoms with van der Waals surface area (Å²) in [7, 11) is 0. The molecule has 0 spiro atoms. The van der Waals surface area contributed by atoms with E-state index in [0.717, 1.165) is 31.4 Å². The minimum Gasteiger partial charge on any atom is -0.364 e. The normalized spacial score (nSPS) is 25.2. The molecule has 1 aliphatic rings. The van der Waals surface area contributed by atoms with Gasteiger partial charge in [-0.25, -0.2) is 0 Å². The summed E-state index contributed by atoms with van der Waals surface area (Å²) >= 11 is 0. The molecule has 0 bridgehead atoms. The van der Waals surface area contributed by atoms with E-state index in [2.05, 4.69) is 10.5 Å². The van der Waals surface area contributed by atoms with Crippen molar-refractivity contribution in [3.63, 3.8) is 0 Å². The average molecular weight is 237 g/mol. The molecule has 2 atom stereocenters. The minimum absolute atomic E-state index is 0.00481. The van der Waals surface area contributed by atoms with Gasteiger partial charge < -0.3 is 15.6 Å². The molecule has 1 saturated carbocycles. The van der Waals surface area contributed by atoms with Crippen LogP contribution in [0.1, 0.15) is 37.8 Å². The van der Waals surface area contributed by atoms with Gasteiger partial charge in [-0.1, -0.05) is 24.4 Å². The molecule has 0 radical (unpaired) electrons. The summed E-state index contributed by atoms with van der Waals surface area (Å²) in [6.07, 6.45) is 6.75. The zero-order valence-corrected chi connectivity index (χ0v) is 9.89. The Balaban J connectivity index is 1.85. The lowest BCUT2D eigenvalue weighted by Gasteiger charge is -2.20. The lowest BCUT2D eigenvalue weighted by molar-refractivity contribution is -0.126. The van der Waals surface area contributed by atoms with Crippen molar-refractivity contribution in [2.75, 3.05) is 0 Å². The van der Waals surface area contributed by atoms with E-state index in [0.29, 0.717) is 6.54 Å². The fourth-order valence-corrected chi connectivity index (χ4v) is 2.30. The Morgan fingerprint density at radius 1 is 1.47 bits per heavy atom. The first kappa shape index (κ1) is 12.1. The summed E-state index contributed by atoms with van der Waals surface area (Å²) in [5.74, 6) is -0.00759. The number of carbonyl (C=O) groups excluding carboxylic acids is 1. The molecule has 1 aromatic rings. The predicted octanol–water partition coefficient (Wildman–Crippen LogP) is 1.20. The first-order valence-corrected chi connectivity index (χ1v) is 6.20. The van der Waals surface area contributed by atoms with Gasteiger partial charge in [-0.2, -0.15) is 0 Å². The fraction of sp³-hybridized carbons (Fsp3) is 0.667. The van der Waals surface area contributed by atoms with Crippen molar-refractivity contribution in [3.8, 4) is 0 Å². The van der Waals surface area contributed by atoms with E-state index >= 15 is 0 Å². The van der Waals surface area contributed by atoms with E-state index in [1.165, 1.54) is 12.7 Å². The third-order valence-corrected chi connectivity index (χ3v) is 3.34. The molecular weight excluding hydrogens is 218 g/mol. The van der Waals surface area contributed by atoms with Crippen molar-refractivity contribution in [2.45, 2.75) is 44.7 Å². The topological polar surface area (TPSA) is 81.2 Å². The van der Waals surface area contributed by atoms with Crippen molar-refractivity contribution in [1.29, 1.82) is 0 Å². The van der Waals surface area contributed by atoms with Crippen LogP contribution in [0.4, 0.5) is 0 Å². The van der Waals surface area contributed by atoms with E-state index in [1.54, 1.807) is 6.07 Å². The smallest absolute Gasteiger partial charge is 0.224 e. The highest BCUT2D eigenvalue weighted by molar-refractivity contribution is 5.79. The van der Waals surface area contributed by atoms with Gasteiger partial charge in [-0.15, -0.1) is 0 Å². The van der Waals surface area contributed by atoms with Crippen LogP contribution in [0.3, 0.4) is 0 Å². The van der Waals surface area contributed by atoms with Crippen molar-refractivity contribution < 1.29 is 9.32 Å². The summed E-state index contributed by atoms with van der Waals surface area (Å²) in [6.45, 7) is 0.415. The average Bonchev–Trinajstić information content (AvgIpc) is 2.75. The minimum atomic E-state index is -0.0515. The highest BCUT2D eigenvalue weighted by Crippen LogP contribution is 2.22.